The van der Waals surface area contributed by atoms with Crippen LogP contribution in [0.2, 0.25) is 0 Å². The van der Waals surface area contributed by atoms with E-state index in [9.17, 15) is 24.2 Å². The highest BCUT2D eigenvalue weighted by Gasteiger charge is 2.25. The van der Waals surface area contributed by atoms with Crippen molar-refractivity contribution in [1.82, 2.24) is 0 Å². The van der Waals surface area contributed by atoms with E-state index in [1.165, 1.54) is 6.07 Å². The largest absolute Gasteiger partial charge is 0.466 e. The molecule has 0 saturated heterocycles. The Labute approximate surface area is 121 Å². The minimum atomic E-state index is -1.61. The lowest BCUT2D eigenvalue weighted by Crippen LogP contribution is -2.24. The lowest BCUT2D eigenvalue weighted by molar-refractivity contribution is -0.147. The van der Waals surface area contributed by atoms with Crippen molar-refractivity contribution in [2.24, 2.45) is 0 Å². The van der Waals surface area contributed by atoms with Gasteiger partial charge in [-0.3, -0.25) is 4.79 Å². The summed E-state index contributed by atoms with van der Waals surface area (Å²) in [5.41, 5.74) is -0.245. The smallest absolute Gasteiger partial charge is 0.337 e. The van der Waals surface area contributed by atoms with Gasteiger partial charge in [-0.05, 0) is 19.1 Å². The summed E-state index contributed by atoms with van der Waals surface area (Å²) in [4.78, 5) is 22.4. The highest BCUT2D eigenvalue weighted by atomic mass is 19.1. The van der Waals surface area contributed by atoms with Gasteiger partial charge in [-0.1, -0.05) is 6.07 Å². The fourth-order valence-electron chi connectivity index (χ4n) is 1.72. The molecule has 0 radical (unpaired) electrons. The van der Waals surface area contributed by atoms with E-state index in [1.54, 1.807) is 6.92 Å². The first-order valence-corrected chi connectivity index (χ1v) is 6.30. The van der Waals surface area contributed by atoms with Crippen LogP contribution >= 0.6 is 0 Å². The Balaban J connectivity index is 2.84. The first-order chi connectivity index (χ1) is 9.90. The predicted octanol–water partition coefficient (Wildman–Crippen LogP) is 0.960. The van der Waals surface area contributed by atoms with Crippen LogP contribution in [0.3, 0.4) is 0 Å². The first kappa shape index (κ1) is 17.1. The minimum absolute atomic E-state index is 0.0224. The van der Waals surface area contributed by atoms with Gasteiger partial charge < -0.3 is 19.7 Å². The molecule has 2 unspecified atom stereocenters. The lowest BCUT2D eigenvalue weighted by Gasteiger charge is -2.18. The third-order valence-corrected chi connectivity index (χ3v) is 2.79. The van der Waals surface area contributed by atoms with E-state index in [0.717, 1.165) is 19.2 Å². The SMILES string of the molecule is CCOC(=O)CC(O)C(O)c1ccc(C(=O)OC)cc1F. The molecule has 21 heavy (non-hydrogen) atoms. The number of aliphatic hydroxyl groups is 2. The summed E-state index contributed by atoms with van der Waals surface area (Å²) in [6.45, 7) is 1.75. The molecular formula is C14H17FO6. The van der Waals surface area contributed by atoms with Gasteiger partial charge in [-0.25, -0.2) is 9.18 Å². The van der Waals surface area contributed by atoms with Crippen molar-refractivity contribution in [1.29, 1.82) is 0 Å². The Morgan fingerprint density at radius 2 is 2.00 bits per heavy atom. The van der Waals surface area contributed by atoms with Crippen LogP contribution in [0.25, 0.3) is 0 Å². The standard InChI is InChI=1S/C14H17FO6/c1-3-21-12(17)7-11(16)13(18)9-5-4-8(6-10(9)15)14(19)20-2/h4-6,11,13,16,18H,3,7H2,1-2H3. The zero-order valence-corrected chi connectivity index (χ0v) is 11.7. The molecule has 0 aromatic heterocycles. The van der Waals surface area contributed by atoms with Crippen molar-refractivity contribution in [2.45, 2.75) is 25.6 Å². The summed E-state index contributed by atoms with van der Waals surface area (Å²) in [5, 5.41) is 19.6. The van der Waals surface area contributed by atoms with Crippen LogP contribution in [-0.2, 0) is 14.3 Å². The molecule has 0 amide bonds. The van der Waals surface area contributed by atoms with Crippen LogP contribution in [0.4, 0.5) is 4.39 Å². The highest BCUT2D eigenvalue weighted by Crippen LogP contribution is 2.23. The van der Waals surface area contributed by atoms with Gasteiger partial charge >= 0.3 is 11.9 Å². The molecular weight excluding hydrogens is 283 g/mol. The van der Waals surface area contributed by atoms with E-state index in [0.29, 0.717) is 0 Å². The normalized spacial score (nSPS) is 13.4. The Kier molecular flexibility index (Phi) is 6.26. The number of halogens is 1. The molecule has 116 valence electrons. The molecule has 1 rings (SSSR count). The van der Waals surface area contributed by atoms with E-state index in [2.05, 4.69) is 9.47 Å². The summed E-state index contributed by atoms with van der Waals surface area (Å²) in [6.07, 6.45) is -3.59. The number of carbonyl (C=O) groups excluding carboxylic acids is 2. The molecule has 0 spiro atoms. The predicted molar refractivity (Wildman–Crippen MR) is 70.0 cm³/mol. The van der Waals surface area contributed by atoms with Gasteiger partial charge in [0.1, 0.15) is 11.9 Å². The van der Waals surface area contributed by atoms with Crippen LogP contribution in [0.15, 0.2) is 18.2 Å². The zero-order valence-electron chi connectivity index (χ0n) is 11.7. The van der Waals surface area contributed by atoms with Gasteiger partial charge in [0.25, 0.3) is 0 Å². The second-order valence-corrected chi connectivity index (χ2v) is 4.25. The van der Waals surface area contributed by atoms with Crippen molar-refractivity contribution < 1.29 is 33.7 Å². The average molecular weight is 300 g/mol. The van der Waals surface area contributed by atoms with Gasteiger partial charge in [-0.15, -0.1) is 0 Å². The molecule has 2 N–H and O–H groups in total. The number of benzene rings is 1. The quantitative estimate of drug-likeness (QED) is 0.760. The summed E-state index contributed by atoms with van der Waals surface area (Å²) in [7, 11) is 1.16. The number of ether oxygens (including phenoxy) is 2. The maximum absolute atomic E-state index is 13.8. The molecule has 0 heterocycles. The Bertz CT molecular complexity index is 516. The number of hydrogen-bond acceptors (Lipinski definition) is 6. The van der Waals surface area contributed by atoms with Gasteiger partial charge in [0.05, 0.1) is 31.8 Å². The fraction of sp³-hybridized carbons (Fsp3) is 0.429. The number of aliphatic hydroxyl groups excluding tert-OH is 2. The number of esters is 2. The third kappa shape index (κ3) is 4.51. The number of carbonyl (C=O) groups is 2. The first-order valence-electron chi connectivity index (χ1n) is 6.30. The molecule has 0 aliphatic rings. The summed E-state index contributed by atoms with van der Waals surface area (Å²) in [5.74, 6) is -2.30. The molecule has 1 aromatic rings. The van der Waals surface area contributed by atoms with Gasteiger partial charge in [-0.2, -0.15) is 0 Å². The number of methoxy groups -OCH3 is 1. The van der Waals surface area contributed by atoms with Crippen molar-refractivity contribution in [3.8, 4) is 0 Å². The molecule has 6 nitrogen and oxygen atoms in total. The molecule has 0 bridgehead atoms. The van der Waals surface area contributed by atoms with Crippen LogP contribution < -0.4 is 0 Å². The van der Waals surface area contributed by atoms with E-state index < -0.39 is 36.4 Å². The van der Waals surface area contributed by atoms with Gasteiger partial charge in [0, 0.05) is 5.56 Å². The second kappa shape index (κ2) is 7.70. The van der Waals surface area contributed by atoms with Gasteiger partial charge in [0.15, 0.2) is 0 Å². The molecule has 2 atom stereocenters. The highest BCUT2D eigenvalue weighted by molar-refractivity contribution is 5.89. The second-order valence-electron chi connectivity index (χ2n) is 4.25. The van der Waals surface area contributed by atoms with Crippen LogP contribution in [0.5, 0.6) is 0 Å². The average Bonchev–Trinajstić information content (AvgIpc) is 2.45. The van der Waals surface area contributed by atoms with E-state index in [-0.39, 0.29) is 17.7 Å². The van der Waals surface area contributed by atoms with E-state index in [4.69, 9.17) is 0 Å². The molecule has 0 saturated carbocycles. The molecule has 1 aromatic carbocycles. The molecule has 0 aliphatic heterocycles. The van der Waals surface area contributed by atoms with Gasteiger partial charge in [0.2, 0.25) is 0 Å². The molecule has 0 fully saturated rings. The maximum atomic E-state index is 13.8. The van der Waals surface area contributed by atoms with E-state index in [1.807, 2.05) is 0 Å². The monoisotopic (exact) mass is 300 g/mol. The summed E-state index contributed by atoms with van der Waals surface area (Å²) in [6, 6.07) is 3.30. The molecule has 0 aliphatic carbocycles. The summed E-state index contributed by atoms with van der Waals surface area (Å²) < 4.78 is 22.9. The van der Waals surface area contributed by atoms with Crippen molar-refractivity contribution >= 4 is 11.9 Å². The van der Waals surface area contributed by atoms with Crippen LogP contribution in [0.1, 0.15) is 35.4 Å². The lowest BCUT2D eigenvalue weighted by atomic mass is 10.00. The minimum Gasteiger partial charge on any atom is -0.466 e. The van der Waals surface area contributed by atoms with Crippen molar-refractivity contribution in [3.05, 3.63) is 35.1 Å². The Hall–Kier alpha value is -1.99. The van der Waals surface area contributed by atoms with Crippen molar-refractivity contribution in [2.75, 3.05) is 13.7 Å². The Morgan fingerprint density at radius 3 is 2.52 bits per heavy atom. The third-order valence-electron chi connectivity index (χ3n) is 2.79. The number of hydrogen-bond donors (Lipinski definition) is 2. The number of rotatable bonds is 6. The van der Waals surface area contributed by atoms with Crippen molar-refractivity contribution in [3.63, 3.8) is 0 Å². The summed E-state index contributed by atoms with van der Waals surface area (Å²) >= 11 is 0. The Morgan fingerprint density at radius 1 is 1.33 bits per heavy atom. The fourth-order valence-corrected chi connectivity index (χ4v) is 1.72. The molecule has 7 heteroatoms. The van der Waals surface area contributed by atoms with Crippen LogP contribution in [-0.4, -0.2) is 42.0 Å². The topological polar surface area (TPSA) is 93.1 Å². The van der Waals surface area contributed by atoms with E-state index >= 15 is 0 Å². The van der Waals surface area contributed by atoms with Crippen LogP contribution in [0, 0.1) is 5.82 Å². The zero-order chi connectivity index (χ0) is 16.0. The maximum Gasteiger partial charge on any atom is 0.337 e.